The molecule has 14 heavy (non-hydrogen) atoms. The number of furan rings is 1. The first-order chi connectivity index (χ1) is 6.29. The summed E-state index contributed by atoms with van der Waals surface area (Å²) < 4.78 is 36.4. The standard InChI is InChI=1S/C5H7N3O.H2O4S/c6-5(7)8-4-2-1-3-9-4;1-5(2,3)4/h1-3H,(H4,6,7,8);(H2,1,2,3,4). The van der Waals surface area contributed by atoms with Crippen molar-refractivity contribution in [1.29, 1.82) is 0 Å². The van der Waals surface area contributed by atoms with Gasteiger partial charge in [-0.25, -0.2) is 0 Å². The summed E-state index contributed by atoms with van der Waals surface area (Å²) in [5, 5.41) is 0. The fourth-order valence-electron chi connectivity index (χ4n) is 0.461. The number of guanidine groups is 1. The zero-order chi connectivity index (χ0) is 11.2. The topological polar surface area (TPSA) is 152 Å². The van der Waals surface area contributed by atoms with E-state index in [0.717, 1.165) is 0 Å². The summed E-state index contributed by atoms with van der Waals surface area (Å²) in [5.41, 5.74) is 10.1. The highest BCUT2D eigenvalue weighted by molar-refractivity contribution is 7.79. The smallest absolute Gasteiger partial charge is 0.394 e. The molecule has 0 radical (unpaired) electrons. The molecular weight excluding hydrogens is 214 g/mol. The van der Waals surface area contributed by atoms with Crippen LogP contribution in [0.1, 0.15) is 0 Å². The van der Waals surface area contributed by atoms with E-state index in [1.807, 2.05) is 0 Å². The van der Waals surface area contributed by atoms with Crippen molar-refractivity contribution in [1.82, 2.24) is 0 Å². The molecule has 0 amide bonds. The van der Waals surface area contributed by atoms with Crippen molar-refractivity contribution < 1.29 is 21.9 Å². The highest BCUT2D eigenvalue weighted by Gasteiger charge is 1.88. The first-order valence-electron chi connectivity index (χ1n) is 3.12. The van der Waals surface area contributed by atoms with Gasteiger partial charge in [0.25, 0.3) is 0 Å². The van der Waals surface area contributed by atoms with E-state index in [4.69, 9.17) is 33.4 Å². The lowest BCUT2D eigenvalue weighted by molar-refractivity contribution is 0.381. The maximum atomic E-state index is 8.74. The van der Waals surface area contributed by atoms with Crippen LogP contribution in [0.4, 0.5) is 5.88 Å². The molecule has 0 aromatic carbocycles. The molecule has 0 aliphatic rings. The van der Waals surface area contributed by atoms with Gasteiger partial charge in [-0.3, -0.25) is 9.11 Å². The van der Waals surface area contributed by atoms with Crippen LogP contribution in [0.25, 0.3) is 0 Å². The molecule has 8 nitrogen and oxygen atoms in total. The minimum absolute atomic E-state index is 0.00458. The van der Waals surface area contributed by atoms with E-state index in [2.05, 4.69) is 4.99 Å². The van der Waals surface area contributed by atoms with Crippen LogP contribution in [-0.2, 0) is 10.4 Å². The van der Waals surface area contributed by atoms with Crippen molar-refractivity contribution in [2.75, 3.05) is 0 Å². The van der Waals surface area contributed by atoms with Crippen LogP contribution in [0.3, 0.4) is 0 Å². The number of aliphatic imine (C=N–C) groups is 1. The molecule has 0 bridgehead atoms. The number of rotatable bonds is 1. The molecule has 9 heteroatoms. The maximum Gasteiger partial charge on any atom is 0.394 e. The van der Waals surface area contributed by atoms with Crippen molar-refractivity contribution >= 4 is 22.2 Å². The van der Waals surface area contributed by atoms with Crippen LogP contribution in [-0.4, -0.2) is 23.5 Å². The number of nitrogens with zero attached hydrogens (tertiary/aromatic N) is 1. The van der Waals surface area contributed by atoms with Gasteiger partial charge in [0.2, 0.25) is 5.88 Å². The van der Waals surface area contributed by atoms with Crippen LogP contribution in [0.15, 0.2) is 27.8 Å². The second-order valence-electron chi connectivity index (χ2n) is 1.94. The number of nitrogens with two attached hydrogens (primary N) is 2. The molecule has 0 fully saturated rings. The summed E-state index contributed by atoms with van der Waals surface area (Å²) in [6.07, 6.45) is 1.50. The Morgan fingerprint density at radius 1 is 1.43 bits per heavy atom. The highest BCUT2D eigenvalue weighted by Crippen LogP contribution is 2.09. The average Bonchev–Trinajstić information content (AvgIpc) is 2.33. The van der Waals surface area contributed by atoms with Crippen molar-refractivity contribution in [3.8, 4) is 0 Å². The van der Waals surface area contributed by atoms with Crippen LogP contribution in [0.5, 0.6) is 0 Å². The quantitative estimate of drug-likeness (QED) is 0.285. The molecule has 1 aromatic heterocycles. The summed E-state index contributed by atoms with van der Waals surface area (Å²) in [6, 6.07) is 3.38. The molecule has 6 N–H and O–H groups in total. The highest BCUT2D eigenvalue weighted by atomic mass is 32.3. The van der Waals surface area contributed by atoms with E-state index in [9.17, 15) is 0 Å². The third-order valence-corrected chi connectivity index (χ3v) is 0.745. The summed E-state index contributed by atoms with van der Waals surface area (Å²) in [7, 11) is -4.67. The zero-order valence-electron chi connectivity index (χ0n) is 6.86. The van der Waals surface area contributed by atoms with Gasteiger partial charge in [-0.2, -0.15) is 13.4 Å². The van der Waals surface area contributed by atoms with E-state index >= 15 is 0 Å². The maximum absolute atomic E-state index is 8.74. The molecular formula is C5H9N3O5S. The predicted molar refractivity (Wildman–Crippen MR) is 48.4 cm³/mol. The molecule has 0 saturated heterocycles. The van der Waals surface area contributed by atoms with Gasteiger partial charge < -0.3 is 15.9 Å². The molecule has 80 valence electrons. The third-order valence-electron chi connectivity index (χ3n) is 0.745. The Morgan fingerprint density at radius 2 is 1.93 bits per heavy atom. The molecule has 0 atom stereocenters. The molecule has 1 aromatic rings. The van der Waals surface area contributed by atoms with Crippen LogP contribution < -0.4 is 11.5 Å². The molecule has 1 rings (SSSR count). The lowest BCUT2D eigenvalue weighted by Gasteiger charge is -1.85. The lowest BCUT2D eigenvalue weighted by Crippen LogP contribution is -2.21. The summed E-state index contributed by atoms with van der Waals surface area (Å²) in [4.78, 5) is 3.62. The third kappa shape index (κ3) is 10.4. The fraction of sp³-hybridized carbons (Fsp3) is 0. The van der Waals surface area contributed by atoms with Crippen molar-refractivity contribution in [2.45, 2.75) is 0 Å². The van der Waals surface area contributed by atoms with Crippen LogP contribution in [0, 0.1) is 0 Å². The SMILES string of the molecule is NC(N)=Nc1ccco1.O=S(=O)(O)O. The fourth-order valence-corrected chi connectivity index (χ4v) is 0.461. The Bertz CT molecular complexity index is 370. The lowest BCUT2D eigenvalue weighted by atomic mass is 10.6. The minimum atomic E-state index is -4.67. The number of hydrogen-bond acceptors (Lipinski definition) is 4. The van der Waals surface area contributed by atoms with Crippen LogP contribution in [0.2, 0.25) is 0 Å². The average molecular weight is 223 g/mol. The van der Waals surface area contributed by atoms with E-state index in [-0.39, 0.29) is 5.96 Å². The first kappa shape index (κ1) is 12.4. The van der Waals surface area contributed by atoms with Crippen molar-refractivity contribution in [3.63, 3.8) is 0 Å². The monoisotopic (exact) mass is 223 g/mol. The molecule has 0 spiro atoms. The summed E-state index contributed by atoms with van der Waals surface area (Å²) >= 11 is 0. The summed E-state index contributed by atoms with van der Waals surface area (Å²) in [6.45, 7) is 0. The molecule has 0 unspecified atom stereocenters. The second kappa shape index (κ2) is 5.21. The Kier molecular flexibility index (Phi) is 4.63. The second-order valence-corrected chi connectivity index (χ2v) is 2.83. The van der Waals surface area contributed by atoms with E-state index in [1.54, 1.807) is 12.1 Å². The van der Waals surface area contributed by atoms with E-state index < -0.39 is 10.4 Å². The predicted octanol–water partition coefficient (Wildman–Crippen LogP) is -0.468. The van der Waals surface area contributed by atoms with Gasteiger partial charge >= 0.3 is 10.4 Å². The van der Waals surface area contributed by atoms with Gasteiger partial charge in [0.1, 0.15) is 0 Å². The van der Waals surface area contributed by atoms with Gasteiger partial charge in [0, 0.05) is 6.07 Å². The van der Waals surface area contributed by atoms with Gasteiger partial charge in [-0.05, 0) is 6.07 Å². The molecule has 0 aliphatic carbocycles. The Hall–Kier alpha value is -1.58. The molecule has 0 saturated carbocycles. The summed E-state index contributed by atoms with van der Waals surface area (Å²) in [5.74, 6) is 0.431. The van der Waals surface area contributed by atoms with Gasteiger partial charge in [0.05, 0.1) is 6.26 Å². The molecule has 1 heterocycles. The Morgan fingerprint density at radius 3 is 2.21 bits per heavy atom. The zero-order valence-corrected chi connectivity index (χ0v) is 7.68. The largest absolute Gasteiger partial charge is 0.447 e. The minimum Gasteiger partial charge on any atom is -0.447 e. The normalized spacial score (nSPS) is 9.86. The molecule has 0 aliphatic heterocycles. The first-order valence-corrected chi connectivity index (χ1v) is 4.52. The van der Waals surface area contributed by atoms with Gasteiger partial charge in [-0.15, -0.1) is 0 Å². The van der Waals surface area contributed by atoms with Crippen LogP contribution >= 0.6 is 0 Å². The van der Waals surface area contributed by atoms with E-state index in [0.29, 0.717) is 5.88 Å². The van der Waals surface area contributed by atoms with Crippen molar-refractivity contribution in [3.05, 3.63) is 18.4 Å². The van der Waals surface area contributed by atoms with Gasteiger partial charge in [-0.1, -0.05) is 0 Å². The number of hydrogen-bond donors (Lipinski definition) is 4. The van der Waals surface area contributed by atoms with E-state index in [1.165, 1.54) is 6.26 Å². The Balaban J connectivity index is 0.000000292. The van der Waals surface area contributed by atoms with Gasteiger partial charge in [0.15, 0.2) is 5.96 Å². The van der Waals surface area contributed by atoms with Crippen molar-refractivity contribution in [2.24, 2.45) is 16.5 Å². The Labute approximate surface area is 79.8 Å².